The van der Waals surface area contributed by atoms with Crippen LogP contribution in [0, 0.1) is 13.8 Å². The van der Waals surface area contributed by atoms with Crippen LogP contribution in [0.25, 0.3) is 21.1 Å². The van der Waals surface area contributed by atoms with Crippen molar-refractivity contribution in [2.45, 2.75) is 13.8 Å². The Morgan fingerprint density at radius 2 is 1.79 bits per heavy atom. The summed E-state index contributed by atoms with van der Waals surface area (Å²) in [5, 5.41) is 5.06. The van der Waals surface area contributed by atoms with Crippen LogP contribution in [0.5, 0.6) is 0 Å². The number of nitrogens with zero attached hydrogens (tertiary/aromatic N) is 1. The van der Waals surface area contributed by atoms with Gasteiger partial charge < -0.3 is 5.32 Å². The maximum atomic E-state index is 12.5. The minimum Gasteiger partial charge on any atom is -0.321 e. The third kappa shape index (κ3) is 2.65. The minimum atomic E-state index is -0.0923. The lowest BCUT2D eigenvalue weighted by atomic mass is 10.1. The molecule has 0 spiro atoms. The largest absolute Gasteiger partial charge is 0.321 e. The quantitative estimate of drug-likeness (QED) is 0.540. The number of carbonyl (C=O) groups is 1. The predicted molar refractivity (Wildman–Crippen MR) is 101 cm³/mol. The standard InChI is InChI=1S/C20H16N2OS/c1-12-7-8-16(9-13(12)2)21-19(23)18-11-15-10-14-5-3-4-6-17(14)22-20(15)24-18/h3-11H,1-2H3,(H,21,23). The van der Waals surface area contributed by atoms with Crippen molar-refractivity contribution >= 4 is 44.1 Å². The summed E-state index contributed by atoms with van der Waals surface area (Å²) in [6.07, 6.45) is 0. The average molecular weight is 332 g/mol. The van der Waals surface area contributed by atoms with Gasteiger partial charge in [-0.3, -0.25) is 4.79 Å². The highest BCUT2D eigenvalue weighted by atomic mass is 32.1. The van der Waals surface area contributed by atoms with Crippen molar-refractivity contribution in [1.82, 2.24) is 4.98 Å². The van der Waals surface area contributed by atoms with Crippen LogP contribution in [0.1, 0.15) is 20.8 Å². The van der Waals surface area contributed by atoms with Crippen molar-refractivity contribution in [3.63, 3.8) is 0 Å². The Kier molecular flexibility index (Phi) is 3.54. The van der Waals surface area contributed by atoms with Crippen LogP contribution in [0.2, 0.25) is 0 Å². The smallest absolute Gasteiger partial charge is 0.265 e. The first-order chi connectivity index (χ1) is 11.6. The normalized spacial score (nSPS) is 11.1. The maximum Gasteiger partial charge on any atom is 0.265 e. The second-order valence-corrected chi connectivity index (χ2v) is 6.97. The number of para-hydroxylation sites is 1. The zero-order chi connectivity index (χ0) is 16.7. The van der Waals surface area contributed by atoms with Crippen LogP contribution in [-0.4, -0.2) is 10.9 Å². The molecule has 4 aromatic rings. The maximum absolute atomic E-state index is 12.5. The molecule has 0 bridgehead atoms. The fourth-order valence-corrected chi connectivity index (χ4v) is 3.62. The SMILES string of the molecule is Cc1ccc(NC(=O)c2cc3cc4ccccc4nc3s2)cc1C. The highest BCUT2D eigenvalue weighted by Crippen LogP contribution is 2.28. The summed E-state index contributed by atoms with van der Waals surface area (Å²) < 4.78 is 0. The Bertz CT molecular complexity index is 1030. The van der Waals surface area contributed by atoms with Crippen molar-refractivity contribution in [1.29, 1.82) is 0 Å². The first kappa shape index (κ1) is 14.8. The molecular formula is C20H16N2OS. The van der Waals surface area contributed by atoms with Gasteiger partial charge in [0.2, 0.25) is 0 Å². The first-order valence-electron chi connectivity index (χ1n) is 7.78. The van der Waals surface area contributed by atoms with Crippen LogP contribution in [-0.2, 0) is 0 Å². The number of aryl methyl sites for hydroxylation is 2. The molecule has 2 heterocycles. The van der Waals surface area contributed by atoms with Gasteiger partial charge in [-0.25, -0.2) is 4.98 Å². The van der Waals surface area contributed by atoms with Crippen molar-refractivity contribution in [3.05, 3.63) is 70.6 Å². The molecule has 0 saturated carbocycles. The monoisotopic (exact) mass is 332 g/mol. The summed E-state index contributed by atoms with van der Waals surface area (Å²) >= 11 is 1.42. The molecule has 4 heteroatoms. The summed E-state index contributed by atoms with van der Waals surface area (Å²) in [6, 6.07) is 17.9. The number of nitrogens with one attached hydrogen (secondary N) is 1. The van der Waals surface area contributed by atoms with E-state index in [4.69, 9.17) is 0 Å². The fraction of sp³-hybridized carbons (Fsp3) is 0.100. The molecule has 0 aliphatic carbocycles. The van der Waals surface area contributed by atoms with E-state index in [0.29, 0.717) is 4.88 Å². The number of aromatic nitrogens is 1. The number of rotatable bonds is 2. The molecule has 1 N–H and O–H groups in total. The number of hydrogen-bond donors (Lipinski definition) is 1. The topological polar surface area (TPSA) is 42.0 Å². The van der Waals surface area contributed by atoms with Gasteiger partial charge in [0.05, 0.1) is 10.4 Å². The molecule has 0 saturated heterocycles. The van der Waals surface area contributed by atoms with E-state index in [0.717, 1.165) is 32.4 Å². The Morgan fingerprint density at radius 1 is 0.958 bits per heavy atom. The Balaban J connectivity index is 1.68. The number of anilines is 1. The van der Waals surface area contributed by atoms with Crippen molar-refractivity contribution in [2.24, 2.45) is 0 Å². The molecule has 118 valence electrons. The highest BCUT2D eigenvalue weighted by Gasteiger charge is 2.12. The number of amides is 1. The second-order valence-electron chi connectivity index (χ2n) is 5.94. The summed E-state index contributed by atoms with van der Waals surface area (Å²) in [6.45, 7) is 4.10. The lowest BCUT2D eigenvalue weighted by Crippen LogP contribution is -2.10. The van der Waals surface area contributed by atoms with Gasteiger partial charge in [0.15, 0.2) is 0 Å². The molecule has 3 nitrogen and oxygen atoms in total. The Labute approximate surface area is 144 Å². The van der Waals surface area contributed by atoms with E-state index in [9.17, 15) is 4.79 Å². The molecule has 0 radical (unpaired) electrons. The molecule has 0 unspecified atom stereocenters. The van der Waals surface area contributed by atoms with Gasteiger partial charge in [0, 0.05) is 16.5 Å². The zero-order valence-electron chi connectivity index (χ0n) is 13.5. The number of thiophene rings is 1. The summed E-state index contributed by atoms with van der Waals surface area (Å²) in [5.74, 6) is -0.0923. The lowest BCUT2D eigenvalue weighted by Gasteiger charge is -2.06. The third-order valence-corrected chi connectivity index (χ3v) is 5.24. The van der Waals surface area contributed by atoms with Gasteiger partial charge >= 0.3 is 0 Å². The van der Waals surface area contributed by atoms with Gasteiger partial charge in [-0.2, -0.15) is 0 Å². The molecule has 0 atom stereocenters. The first-order valence-corrected chi connectivity index (χ1v) is 8.60. The van der Waals surface area contributed by atoms with E-state index >= 15 is 0 Å². The zero-order valence-corrected chi connectivity index (χ0v) is 14.3. The molecular weight excluding hydrogens is 316 g/mol. The Hall–Kier alpha value is -2.72. The number of carbonyl (C=O) groups excluding carboxylic acids is 1. The van der Waals surface area contributed by atoms with Gasteiger partial charge in [0.25, 0.3) is 5.91 Å². The van der Waals surface area contributed by atoms with E-state index < -0.39 is 0 Å². The van der Waals surface area contributed by atoms with Gasteiger partial charge in [-0.15, -0.1) is 11.3 Å². The van der Waals surface area contributed by atoms with Crippen LogP contribution < -0.4 is 5.32 Å². The van der Waals surface area contributed by atoms with E-state index in [2.05, 4.69) is 23.3 Å². The van der Waals surface area contributed by atoms with E-state index in [-0.39, 0.29) is 5.91 Å². The van der Waals surface area contributed by atoms with Crippen LogP contribution in [0.15, 0.2) is 54.6 Å². The molecule has 2 aromatic heterocycles. The van der Waals surface area contributed by atoms with Crippen LogP contribution >= 0.6 is 11.3 Å². The minimum absolute atomic E-state index is 0.0923. The van der Waals surface area contributed by atoms with Crippen molar-refractivity contribution in [3.8, 4) is 0 Å². The van der Waals surface area contributed by atoms with E-state index in [1.54, 1.807) is 0 Å². The second kappa shape index (κ2) is 5.73. The van der Waals surface area contributed by atoms with Crippen LogP contribution in [0.4, 0.5) is 5.69 Å². The molecule has 1 amide bonds. The fourth-order valence-electron chi connectivity index (χ4n) is 2.70. The molecule has 4 rings (SSSR count). The third-order valence-electron chi connectivity index (χ3n) is 4.20. The number of hydrogen-bond acceptors (Lipinski definition) is 3. The predicted octanol–water partition coefficient (Wildman–Crippen LogP) is 5.32. The lowest BCUT2D eigenvalue weighted by molar-refractivity contribution is 0.103. The molecule has 24 heavy (non-hydrogen) atoms. The number of pyridine rings is 1. The van der Waals surface area contributed by atoms with Crippen LogP contribution in [0.3, 0.4) is 0 Å². The Morgan fingerprint density at radius 3 is 2.62 bits per heavy atom. The molecule has 0 aliphatic heterocycles. The van der Waals surface area contributed by atoms with Gasteiger partial charge in [-0.1, -0.05) is 24.3 Å². The van der Waals surface area contributed by atoms with Gasteiger partial charge in [0.1, 0.15) is 4.83 Å². The summed E-state index contributed by atoms with van der Waals surface area (Å²) in [4.78, 5) is 18.8. The van der Waals surface area contributed by atoms with Crippen molar-refractivity contribution < 1.29 is 4.79 Å². The summed E-state index contributed by atoms with van der Waals surface area (Å²) in [7, 11) is 0. The molecule has 0 fully saturated rings. The number of fused-ring (bicyclic) bond motifs is 2. The van der Waals surface area contributed by atoms with Crippen molar-refractivity contribution in [2.75, 3.05) is 5.32 Å². The van der Waals surface area contributed by atoms with E-state index in [1.807, 2.05) is 55.5 Å². The molecule has 0 aliphatic rings. The highest BCUT2D eigenvalue weighted by molar-refractivity contribution is 7.20. The number of benzene rings is 2. The molecule has 2 aromatic carbocycles. The summed E-state index contributed by atoms with van der Waals surface area (Å²) in [5.41, 5.74) is 4.15. The average Bonchev–Trinajstić information content (AvgIpc) is 2.99. The van der Waals surface area contributed by atoms with Gasteiger partial charge in [-0.05, 0) is 55.3 Å². The van der Waals surface area contributed by atoms with E-state index in [1.165, 1.54) is 16.9 Å².